The molecule has 0 heterocycles. The molecule has 104 valence electrons. The first-order chi connectivity index (χ1) is 8.99. The van der Waals surface area contributed by atoms with Crippen LogP contribution in [0.4, 0.5) is 0 Å². The molecule has 1 aromatic carbocycles. The van der Waals surface area contributed by atoms with Crippen molar-refractivity contribution in [2.24, 2.45) is 5.73 Å². The van der Waals surface area contributed by atoms with Crippen molar-refractivity contribution in [3.8, 4) is 0 Å². The van der Waals surface area contributed by atoms with Crippen molar-refractivity contribution in [1.29, 1.82) is 0 Å². The van der Waals surface area contributed by atoms with E-state index in [1.165, 1.54) is 0 Å². The number of hydrogen-bond acceptors (Lipinski definition) is 2. The van der Waals surface area contributed by atoms with E-state index in [0.29, 0.717) is 15.6 Å². The number of benzene rings is 1. The molecule has 1 amide bonds. The van der Waals surface area contributed by atoms with E-state index in [1.807, 2.05) is 7.05 Å². The van der Waals surface area contributed by atoms with Gasteiger partial charge in [-0.2, -0.15) is 0 Å². The second-order valence-corrected chi connectivity index (χ2v) is 5.95. The Morgan fingerprint density at radius 1 is 1.26 bits per heavy atom. The van der Waals surface area contributed by atoms with Gasteiger partial charge in [0.1, 0.15) is 0 Å². The van der Waals surface area contributed by atoms with Crippen molar-refractivity contribution in [1.82, 2.24) is 4.90 Å². The number of nitrogens with two attached hydrogens (primary N) is 1. The van der Waals surface area contributed by atoms with E-state index >= 15 is 0 Å². The summed E-state index contributed by atoms with van der Waals surface area (Å²) in [6.07, 6.45) is 3.84. The van der Waals surface area contributed by atoms with Crippen LogP contribution in [0, 0.1) is 0 Å². The standard InChI is InChI=1S/C14H18Cl2N2O/c1-18(11-5-3-10(17)4-6-11)14(19)12-7-2-9(15)8-13(12)16/h2,7-8,10-11H,3-6,17H2,1H3. The average molecular weight is 301 g/mol. The van der Waals surface area contributed by atoms with Crippen LogP contribution in [0.25, 0.3) is 0 Å². The highest BCUT2D eigenvalue weighted by Gasteiger charge is 2.26. The van der Waals surface area contributed by atoms with Gasteiger partial charge in [0.2, 0.25) is 0 Å². The normalized spacial score (nSPS) is 23.2. The SMILES string of the molecule is CN(C(=O)c1ccc(Cl)cc1Cl)C1CCC(N)CC1. The molecule has 1 aromatic rings. The Morgan fingerprint density at radius 3 is 2.47 bits per heavy atom. The van der Waals surface area contributed by atoms with Gasteiger partial charge >= 0.3 is 0 Å². The van der Waals surface area contributed by atoms with Crippen LogP contribution >= 0.6 is 23.2 Å². The maximum absolute atomic E-state index is 12.4. The monoisotopic (exact) mass is 300 g/mol. The topological polar surface area (TPSA) is 46.3 Å². The summed E-state index contributed by atoms with van der Waals surface area (Å²) < 4.78 is 0. The summed E-state index contributed by atoms with van der Waals surface area (Å²) in [5.74, 6) is -0.0536. The molecule has 2 N–H and O–H groups in total. The Morgan fingerprint density at radius 2 is 1.89 bits per heavy atom. The number of nitrogens with zero attached hydrogens (tertiary/aromatic N) is 1. The predicted octanol–water partition coefficient (Wildman–Crippen LogP) is 3.34. The van der Waals surface area contributed by atoms with E-state index in [9.17, 15) is 4.79 Å². The first-order valence-corrected chi connectivity index (χ1v) is 7.22. The van der Waals surface area contributed by atoms with Crippen LogP contribution in [0.1, 0.15) is 36.0 Å². The van der Waals surface area contributed by atoms with Crippen molar-refractivity contribution < 1.29 is 4.79 Å². The molecule has 1 fully saturated rings. The molecule has 19 heavy (non-hydrogen) atoms. The lowest BCUT2D eigenvalue weighted by Crippen LogP contribution is -2.41. The maximum atomic E-state index is 12.4. The maximum Gasteiger partial charge on any atom is 0.255 e. The minimum absolute atomic E-state index is 0.0536. The zero-order valence-corrected chi connectivity index (χ0v) is 12.4. The first kappa shape index (κ1) is 14.6. The highest BCUT2D eigenvalue weighted by Crippen LogP contribution is 2.26. The van der Waals surface area contributed by atoms with Gasteiger partial charge in [0.05, 0.1) is 10.6 Å². The summed E-state index contributed by atoms with van der Waals surface area (Å²) >= 11 is 11.9. The lowest BCUT2D eigenvalue weighted by molar-refractivity contribution is 0.0690. The molecule has 1 aliphatic carbocycles. The fraction of sp³-hybridized carbons (Fsp3) is 0.500. The number of hydrogen-bond donors (Lipinski definition) is 1. The highest BCUT2D eigenvalue weighted by molar-refractivity contribution is 6.36. The third kappa shape index (κ3) is 3.41. The van der Waals surface area contributed by atoms with Gasteiger partial charge in [-0.15, -0.1) is 0 Å². The highest BCUT2D eigenvalue weighted by atomic mass is 35.5. The van der Waals surface area contributed by atoms with E-state index in [0.717, 1.165) is 25.7 Å². The van der Waals surface area contributed by atoms with Crippen molar-refractivity contribution in [2.75, 3.05) is 7.05 Å². The van der Waals surface area contributed by atoms with Crippen LogP contribution in [0.2, 0.25) is 10.0 Å². The minimum atomic E-state index is -0.0536. The van der Waals surface area contributed by atoms with Gasteiger partial charge in [0.15, 0.2) is 0 Å². The van der Waals surface area contributed by atoms with Crippen molar-refractivity contribution in [3.05, 3.63) is 33.8 Å². The predicted molar refractivity (Wildman–Crippen MR) is 78.8 cm³/mol. The molecular weight excluding hydrogens is 283 g/mol. The second-order valence-electron chi connectivity index (χ2n) is 5.11. The van der Waals surface area contributed by atoms with Crippen LogP contribution in [0.15, 0.2) is 18.2 Å². The van der Waals surface area contributed by atoms with Gasteiger partial charge < -0.3 is 10.6 Å². The Balaban J connectivity index is 2.10. The summed E-state index contributed by atoms with van der Waals surface area (Å²) in [6, 6.07) is 5.49. The van der Waals surface area contributed by atoms with Crippen LogP contribution in [-0.2, 0) is 0 Å². The molecule has 0 radical (unpaired) electrons. The summed E-state index contributed by atoms with van der Waals surface area (Å²) in [6.45, 7) is 0. The van der Waals surface area contributed by atoms with Crippen molar-refractivity contribution in [2.45, 2.75) is 37.8 Å². The summed E-state index contributed by atoms with van der Waals surface area (Å²) in [7, 11) is 1.83. The van der Waals surface area contributed by atoms with Gasteiger partial charge in [-0.05, 0) is 43.9 Å². The molecule has 0 aliphatic heterocycles. The third-order valence-corrected chi connectivity index (χ3v) is 4.32. The molecule has 0 bridgehead atoms. The molecule has 0 atom stereocenters. The summed E-state index contributed by atoms with van der Waals surface area (Å²) in [4.78, 5) is 14.2. The number of rotatable bonds is 2. The van der Waals surface area contributed by atoms with Gasteiger partial charge in [-0.1, -0.05) is 23.2 Å². The van der Waals surface area contributed by atoms with Crippen LogP contribution in [-0.4, -0.2) is 29.9 Å². The largest absolute Gasteiger partial charge is 0.339 e. The fourth-order valence-electron chi connectivity index (χ4n) is 2.51. The van der Waals surface area contributed by atoms with E-state index in [1.54, 1.807) is 23.1 Å². The Hall–Kier alpha value is -0.770. The molecule has 0 spiro atoms. The average Bonchev–Trinajstić information content (AvgIpc) is 2.38. The van der Waals surface area contributed by atoms with Gasteiger partial charge in [0.25, 0.3) is 5.91 Å². The number of carbonyl (C=O) groups excluding carboxylic acids is 1. The lowest BCUT2D eigenvalue weighted by Gasteiger charge is -2.33. The number of halogens is 2. The van der Waals surface area contributed by atoms with E-state index < -0.39 is 0 Å². The third-order valence-electron chi connectivity index (χ3n) is 3.77. The van der Waals surface area contributed by atoms with E-state index in [2.05, 4.69) is 0 Å². The molecule has 0 aromatic heterocycles. The molecular formula is C14H18Cl2N2O. The lowest BCUT2D eigenvalue weighted by atomic mass is 9.90. The van der Waals surface area contributed by atoms with Gasteiger partial charge in [-0.3, -0.25) is 4.79 Å². The molecule has 1 aliphatic rings. The second kappa shape index (κ2) is 6.12. The Bertz CT molecular complexity index is 471. The molecule has 3 nitrogen and oxygen atoms in total. The zero-order chi connectivity index (χ0) is 14.0. The molecule has 5 heteroatoms. The van der Waals surface area contributed by atoms with Crippen molar-refractivity contribution >= 4 is 29.1 Å². The summed E-state index contributed by atoms with van der Waals surface area (Å²) in [5.41, 5.74) is 6.39. The molecule has 1 saturated carbocycles. The minimum Gasteiger partial charge on any atom is -0.339 e. The van der Waals surface area contributed by atoms with Crippen LogP contribution in [0.3, 0.4) is 0 Å². The number of carbonyl (C=O) groups is 1. The molecule has 2 rings (SSSR count). The van der Waals surface area contributed by atoms with E-state index in [-0.39, 0.29) is 18.0 Å². The Labute approximate surface area is 123 Å². The molecule has 0 unspecified atom stereocenters. The Kier molecular flexibility index (Phi) is 4.71. The van der Waals surface area contributed by atoms with E-state index in [4.69, 9.17) is 28.9 Å². The van der Waals surface area contributed by atoms with Crippen LogP contribution in [0.5, 0.6) is 0 Å². The van der Waals surface area contributed by atoms with Gasteiger partial charge in [-0.25, -0.2) is 0 Å². The smallest absolute Gasteiger partial charge is 0.255 e. The van der Waals surface area contributed by atoms with Crippen LogP contribution < -0.4 is 5.73 Å². The fourth-order valence-corrected chi connectivity index (χ4v) is 3.00. The number of amides is 1. The van der Waals surface area contributed by atoms with Crippen molar-refractivity contribution in [3.63, 3.8) is 0 Å². The summed E-state index contributed by atoms with van der Waals surface area (Å²) in [5, 5.41) is 0.935. The zero-order valence-electron chi connectivity index (χ0n) is 10.9. The molecule has 0 saturated heterocycles. The van der Waals surface area contributed by atoms with Gasteiger partial charge in [0, 0.05) is 24.2 Å². The first-order valence-electron chi connectivity index (χ1n) is 6.47. The quantitative estimate of drug-likeness (QED) is 0.910.